The number of anilines is 1. The summed E-state index contributed by atoms with van der Waals surface area (Å²) in [5, 5.41) is 3.79. The van der Waals surface area contributed by atoms with E-state index in [-0.39, 0.29) is 5.91 Å². The van der Waals surface area contributed by atoms with E-state index < -0.39 is 0 Å². The van der Waals surface area contributed by atoms with Gasteiger partial charge in [-0.1, -0.05) is 18.9 Å². The summed E-state index contributed by atoms with van der Waals surface area (Å²) in [7, 11) is 1.85. The van der Waals surface area contributed by atoms with E-state index in [2.05, 4.69) is 23.5 Å². The maximum Gasteiger partial charge on any atom is 0.250 e. The molecule has 1 saturated heterocycles. The van der Waals surface area contributed by atoms with Gasteiger partial charge in [-0.2, -0.15) is 0 Å². The molecule has 2 aliphatic carbocycles. The molecule has 2 bridgehead atoms. The second-order valence-electron chi connectivity index (χ2n) is 8.65. The molecular formula is C24H28N2O2. The van der Waals surface area contributed by atoms with Crippen LogP contribution in [0.1, 0.15) is 48.8 Å². The molecule has 0 spiro atoms. The van der Waals surface area contributed by atoms with Crippen molar-refractivity contribution in [2.45, 2.75) is 50.0 Å². The topological polar surface area (TPSA) is 45.5 Å². The molecule has 2 aromatic rings. The summed E-state index contributed by atoms with van der Waals surface area (Å²) in [6, 6.07) is 9.16. The molecule has 3 atom stereocenters. The number of furan rings is 1. The lowest BCUT2D eigenvalue weighted by Crippen LogP contribution is -2.59. The molecule has 1 amide bonds. The summed E-state index contributed by atoms with van der Waals surface area (Å²) in [5.74, 6) is 0.759. The first-order chi connectivity index (χ1) is 13.7. The Hall–Kier alpha value is -2.33. The minimum atomic E-state index is -0.0241. The van der Waals surface area contributed by atoms with E-state index in [0.717, 1.165) is 30.1 Å². The maximum atomic E-state index is 12.6. The Bertz CT molecular complexity index is 897. The third kappa shape index (κ3) is 2.82. The Morgan fingerprint density at radius 2 is 2.21 bits per heavy atom. The molecule has 1 saturated carbocycles. The first-order valence-corrected chi connectivity index (χ1v) is 10.5. The van der Waals surface area contributed by atoms with Crippen LogP contribution < -0.4 is 10.2 Å². The largest absolute Gasteiger partial charge is 0.472 e. The lowest BCUT2D eigenvalue weighted by atomic mass is 9.53. The highest BCUT2D eigenvalue weighted by Gasteiger charge is 2.51. The van der Waals surface area contributed by atoms with Crippen molar-refractivity contribution in [1.29, 1.82) is 0 Å². The molecule has 28 heavy (non-hydrogen) atoms. The molecule has 0 radical (unpaired) electrons. The second-order valence-corrected chi connectivity index (χ2v) is 8.65. The number of rotatable bonds is 3. The van der Waals surface area contributed by atoms with Gasteiger partial charge in [0.2, 0.25) is 0 Å². The molecule has 4 nitrogen and oxygen atoms in total. The summed E-state index contributed by atoms with van der Waals surface area (Å²) in [4.78, 5) is 14.4. The summed E-state index contributed by atoms with van der Waals surface area (Å²) >= 11 is 0. The van der Waals surface area contributed by atoms with Gasteiger partial charge >= 0.3 is 0 Å². The number of nitrogens with one attached hydrogen (secondary N) is 1. The molecule has 1 aromatic heterocycles. The number of hydrogen-bond donors (Lipinski definition) is 1. The molecule has 2 fully saturated rings. The minimum absolute atomic E-state index is 0.0241. The quantitative estimate of drug-likeness (QED) is 0.813. The molecule has 146 valence electrons. The zero-order valence-corrected chi connectivity index (χ0v) is 16.5. The monoisotopic (exact) mass is 376 g/mol. The highest BCUT2D eigenvalue weighted by molar-refractivity contribution is 6.03. The first-order valence-electron chi connectivity index (χ1n) is 10.5. The SMILES string of the molecule is CN(C(=O)/C=C/c1ccoc1)c1ccc2c(c1)C[C@H]1NCC[C@@]23CCCC[C@@H]13. The molecule has 3 aliphatic rings. The number of fused-ring (bicyclic) bond motifs is 1. The van der Waals surface area contributed by atoms with E-state index in [1.807, 2.05) is 13.1 Å². The minimum Gasteiger partial charge on any atom is -0.472 e. The van der Waals surface area contributed by atoms with Gasteiger partial charge in [-0.25, -0.2) is 0 Å². The fourth-order valence-corrected chi connectivity index (χ4v) is 5.93. The number of nitrogens with zero attached hydrogens (tertiary/aromatic N) is 1. The number of carbonyl (C=O) groups is 1. The molecule has 1 N–H and O–H groups in total. The average molecular weight is 377 g/mol. The highest BCUT2D eigenvalue weighted by atomic mass is 16.3. The van der Waals surface area contributed by atoms with E-state index in [0.29, 0.717) is 11.5 Å². The van der Waals surface area contributed by atoms with Crippen LogP contribution in [0, 0.1) is 5.92 Å². The van der Waals surface area contributed by atoms with Crippen LogP contribution in [0.4, 0.5) is 5.69 Å². The molecule has 4 heteroatoms. The van der Waals surface area contributed by atoms with Crippen molar-refractivity contribution in [2.24, 2.45) is 5.92 Å². The van der Waals surface area contributed by atoms with Gasteiger partial charge in [0.15, 0.2) is 0 Å². The molecule has 0 unspecified atom stereocenters. The first kappa shape index (κ1) is 17.7. The molecule has 1 aliphatic heterocycles. The number of hydrogen-bond acceptors (Lipinski definition) is 3. The van der Waals surface area contributed by atoms with Gasteiger partial charge in [-0.15, -0.1) is 0 Å². The summed E-state index contributed by atoms with van der Waals surface area (Å²) in [5.41, 5.74) is 5.24. The van der Waals surface area contributed by atoms with E-state index in [4.69, 9.17) is 4.42 Å². The van der Waals surface area contributed by atoms with E-state index in [9.17, 15) is 4.79 Å². The van der Waals surface area contributed by atoms with Gasteiger partial charge in [-0.05, 0) is 73.5 Å². The number of likely N-dealkylation sites (N-methyl/N-ethyl adjacent to an activating group) is 1. The molecule has 5 rings (SSSR count). The Kier molecular flexibility index (Phi) is 4.39. The van der Waals surface area contributed by atoms with Crippen LogP contribution in [0.5, 0.6) is 0 Å². The van der Waals surface area contributed by atoms with Crippen LogP contribution in [0.3, 0.4) is 0 Å². The number of benzene rings is 1. The van der Waals surface area contributed by atoms with Gasteiger partial charge in [0.25, 0.3) is 5.91 Å². The zero-order chi connectivity index (χ0) is 19.1. The Labute approximate surface area is 166 Å². The second kappa shape index (κ2) is 6.93. The maximum absolute atomic E-state index is 12.6. The third-order valence-corrected chi connectivity index (χ3v) is 7.31. The van der Waals surface area contributed by atoms with Crippen LogP contribution in [0.2, 0.25) is 0 Å². The van der Waals surface area contributed by atoms with Crippen LogP contribution in [0.15, 0.2) is 47.3 Å². The number of carbonyl (C=O) groups excluding carboxylic acids is 1. The number of piperidine rings is 1. The van der Waals surface area contributed by atoms with E-state index >= 15 is 0 Å². The predicted octanol–water partition coefficient (Wildman–Crippen LogP) is 4.30. The molecular weight excluding hydrogens is 348 g/mol. The third-order valence-electron chi connectivity index (χ3n) is 7.31. The standard InChI is InChI=1S/C24H28N2O2/c1-26(23(27)8-5-17-9-13-28-16-17)19-6-7-20-18(14-19)15-22-21-4-2-3-10-24(20,21)11-12-25-22/h5-9,13-14,16,21-22,25H,2-4,10-12,15H2,1H3/b8-5+/t21-,22+,24-/m0/s1. The summed E-state index contributed by atoms with van der Waals surface area (Å²) in [6.45, 7) is 1.14. The Morgan fingerprint density at radius 3 is 3.07 bits per heavy atom. The van der Waals surface area contributed by atoms with E-state index in [1.165, 1.54) is 37.7 Å². The van der Waals surface area contributed by atoms with Crippen molar-refractivity contribution in [3.05, 3.63) is 59.6 Å². The summed E-state index contributed by atoms with van der Waals surface area (Å²) in [6.07, 6.45) is 14.4. The van der Waals surface area contributed by atoms with Gasteiger partial charge < -0.3 is 14.6 Å². The van der Waals surface area contributed by atoms with Gasteiger partial charge in [-0.3, -0.25) is 4.79 Å². The normalized spacial score (nSPS) is 28.6. The van der Waals surface area contributed by atoms with Crippen molar-refractivity contribution < 1.29 is 9.21 Å². The fraction of sp³-hybridized carbons (Fsp3) is 0.458. The fourth-order valence-electron chi connectivity index (χ4n) is 5.93. The van der Waals surface area contributed by atoms with Crippen molar-refractivity contribution in [1.82, 2.24) is 5.32 Å². The van der Waals surface area contributed by atoms with Crippen LogP contribution in [-0.4, -0.2) is 25.5 Å². The smallest absolute Gasteiger partial charge is 0.250 e. The average Bonchev–Trinajstić information content (AvgIpc) is 3.24. The molecule has 2 heterocycles. The van der Waals surface area contributed by atoms with Gasteiger partial charge in [0, 0.05) is 35.8 Å². The number of amides is 1. The van der Waals surface area contributed by atoms with E-state index in [1.54, 1.807) is 35.1 Å². The van der Waals surface area contributed by atoms with Gasteiger partial charge in [0.1, 0.15) is 0 Å². The molecule has 1 aromatic carbocycles. The van der Waals surface area contributed by atoms with Crippen molar-refractivity contribution in [3.63, 3.8) is 0 Å². The van der Waals surface area contributed by atoms with Crippen molar-refractivity contribution >= 4 is 17.7 Å². The predicted molar refractivity (Wildman–Crippen MR) is 111 cm³/mol. The Morgan fingerprint density at radius 1 is 1.29 bits per heavy atom. The van der Waals surface area contributed by atoms with Crippen LogP contribution >= 0.6 is 0 Å². The lowest BCUT2D eigenvalue weighted by Gasteiger charge is -2.56. The van der Waals surface area contributed by atoms with Crippen molar-refractivity contribution in [3.8, 4) is 0 Å². The van der Waals surface area contributed by atoms with Crippen molar-refractivity contribution in [2.75, 3.05) is 18.5 Å². The van der Waals surface area contributed by atoms with Crippen LogP contribution in [-0.2, 0) is 16.6 Å². The van der Waals surface area contributed by atoms with Crippen LogP contribution in [0.25, 0.3) is 6.08 Å². The summed E-state index contributed by atoms with van der Waals surface area (Å²) < 4.78 is 5.05. The Balaban J connectivity index is 1.43. The lowest BCUT2D eigenvalue weighted by molar-refractivity contribution is -0.113. The zero-order valence-electron chi connectivity index (χ0n) is 16.5. The van der Waals surface area contributed by atoms with Gasteiger partial charge in [0.05, 0.1) is 12.5 Å². The highest BCUT2D eigenvalue weighted by Crippen LogP contribution is 2.54.